The number of halogens is 1. The Morgan fingerprint density at radius 3 is 2.63 bits per heavy atom. The lowest BCUT2D eigenvalue weighted by molar-refractivity contribution is -0.119. The summed E-state index contributed by atoms with van der Waals surface area (Å²) in [6, 6.07) is 8.33. The molecule has 1 amide bonds. The van der Waals surface area contributed by atoms with Crippen molar-refractivity contribution in [3.63, 3.8) is 0 Å². The summed E-state index contributed by atoms with van der Waals surface area (Å²) < 4.78 is 0. The number of nitrogens with zero attached hydrogens (tertiary/aromatic N) is 1. The van der Waals surface area contributed by atoms with E-state index >= 15 is 0 Å². The molecule has 3 nitrogen and oxygen atoms in total. The lowest BCUT2D eigenvalue weighted by Crippen LogP contribution is -2.36. The number of benzene rings is 1. The zero-order valence-electron chi connectivity index (χ0n) is 11.3. The third-order valence-corrected chi connectivity index (χ3v) is 4.39. The van der Waals surface area contributed by atoms with Gasteiger partial charge in [0.2, 0.25) is 5.91 Å². The zero-order valence-corrected chi connectivity index (χ0v) is 12.1. The van der Waals surface area contributed by atoms with E-state index in [-0.39, 0.29) is 5.91 Å². The average Bonchev–Trinajstić information content (AvgIpc) is 2.39. The molecule has 0 unspecified atom stereocenters. The summed E-state index contributed by atoms with van der Waals surface area (Å²) in [6.07, 6.45) is 2.60. The zero-order chi connectivity index (χ0) is 13.8. The van der Waals surface area contributed by atoms with Gasteiger partial charge in [-0.2, -0.15) is 0 Å². The van der Waals surface area contributed by atoms with Crippen LogP contribution in [0.2, 0.25) is 5.02 Å². The molecule has 1 aliphatic rings. The summed E-state index contributed by atoms with van der Waals surface area (Å²) in [5.41, 5.74) is 6.44. The van der Waals surface area contributed by atoms with E-state index < -0.39 is 0 Å². The number of hydrogen-bond donors (Lipinski definition) is 1. The smallest absolute Gasteiger partial charge is 0.217 e. The number of rotatable bonds is 4. The van der Waals surface area contributed by atoms with E-state index in [4.69, 9.17) is 17.3 Å². The number of primary amides is 1. The predicted molar refractivity (Wildman–Crippen MR) is 78.0 cm³/mol. The van der Waals surface area contributed by atoms with Gasteiger partial charge in [-0.25, -0.2) is 0 Å². The molecule has 1 saturated heterocycles. The van der Waals surface area contributed by atoms with Crippen molar-refractivity contribution in [1.82, 2.24) is 4.90 Å². The van der Waals surface area contributed by atoms with Crippen molar-refractivity contribution in [1.29, 1.82) is 0 Å². The van der Waals surface area contributed by atoms with Gasteiger partial charge in [-0.3, -0.25) is 9.69 Å². The number of hydrogen-bond acceptors (Lipinski definition) is 2. The minimum absolute atomic E-state index is 0.183. The Hall–Kier alpha value is -1.06. The first-order chi connectivity index (χ1) is 9.08. The number of nitrogens with two attached hydrogens (primary N) is 1. The Labute approximate surface area is 119 Å². The van der Waals surface area contributed by atoms with Crippen LogP contribution in [0.4, 0.5) is 0 Å². The van der Waals surface area contributed by atoms with Gasteiger partial charge in [-0.1, -0.05) is 29.8 Å². The molecule has 1 atom stereocenters. The van der Waals surface area contributed by atoms with E-state index in [0.29, 0.717) is 18.4 Å². The van der Waals surface area contributed by atoms with Crippen LogP contribution in [0.1, 0.15) is 37.8 Å². The van der Waals surface area contributed by atoms with Gasteiger partial charge in [-0.15, -0.1) is 0 Å². The van der Waals surface area contributed by atoms with Crippen molar-refractivity contribution in [2.45, 2.75) is 32.2 Å². The highest BCUT2D eigenvalue weighted by atomic mass is 35.5. The highest BCUT2D eigenvalue weighted by Gasteiger charge is 2.25. The molecule has 2 N–H and O–H groups in total. The van der Waals surface area contributed by atoms with Crippen LogP contribution in [0.3, 0.4) is 0 Å². The van der Waals surface area contributed by atoms with Gasteiger partial charge < -0.3 is 5.73 Å². The van der Waals surface area contributed by atoms with E-state index in [1.165, 1.54) is 5.56 Å². The maximum atomic E-state index is 10.9. The second-order valence-electron chi connectivity index (χ2n) is 5.35. The van der Waals surface area contributed by atoms with Crippen LogP contribution in [0.15, 0.2) is 24.3 Å². The molecule has 0 aromatic heterocycles. The molecule has 1 heterocycles. The van der Waals surface area contributed by atoms with Gasteiger partial charge in [0.05, 0.1) is 0 Å². The summed E-state index contributed by atoms with van der Waals surface area (Å²) in [6.45, 7) is 4.20. The third kappa shape index (κ3) is 3.71. The Bertz CT molecular complexity index is 442. The predicted octanol–water partition coefficient (Wildman–Crippen LogP) is 2.99. The number of carbonyl (C=O) groups excluding carboxylic acids is 1. The van der Waals surface area contributed by atoms with Gasteiger partial charge in [0.25, 0.3) is 0 Å². The lowest BCUT2D eigenvalue weighted by atomic mass is 9.92. The Kier molecular flexibility index (Phi) is 4.83. The fourth-order valence-corrected chi connectivity index (χ4v) is 3.13. The molecule has 0 aliphatic carbocycles. The van der Waals surface area contributed by atoms with Crippen LogP contribution in [-0.4, -0.2) is 23.9 Å². The minimum Gasteiger partial charge on any atom is -0.370 e. The Morgan fingerprint density at radius 2 is 2.05 bits per heavy atom. The number of amides is 1. The monoisotopic (exact) mass is 280 g/mol. The second kappa shape index (κ2) is 6.40. The summed E-state index contributed by atoms with van der Waals surface area (Å²) in [5.74, 6) is 0.268. The first-order valence-electron chi connectivity index (χ1n) is 6.84. The van der Waals surface area contributed by atoms with Gasteiger partial charge in [0.1, 0.15) is 0 Å². The molecule has 0 radical (unpaired) electrons. The highest BCUT2D eigenvalue weighted by Crippen LogP contribution is 2.31. The molecule has 1 aromatic rings. The molecule has 0 bridgehead atoms. The van der Waals surface area contributed by atoms with Crippen LogP contribution in [0, 0.1) is 5.92 Å². The van der Waals surface area contributed by atoms with Crippen LogP contribution in [0.5, 0.6) is 0 Å². The molecule has 2 rings (SSSR count). The maximum absolute atomic E-state index is 10.9. The fraction of sp³-hybridized carbons (Fsp3) is 0.533. The standard InChI is InChI=1S/C15H21ClN2O/c1-11(13-4-2-3-5-14(13)16)18-8-6-12(7-9-18)10-15(17)19/h2-5,11-12H,6-10H2,1H3,(H2,17,19)/t11-/m0/s1. The van der Waals surface area contributed by atoms with E-state index in [1.807, 2.05) is 18.2 Å². The average molecular weight is 281 g/mol. The van der Waals surface area contributed by atoms with E-state index in [0.717, 1.165) is 31.0 Å². The number of carbonyl (C=O) groups is 1. The van der Waals surface area contributed by atoms with Crippen molar-refractivity contribution in [2.75, 3.05) is 13.1 Å². The van der Waals surface area contributed by atoms with Crippen molar-refractivity contribution >= 4 is 17.5 Å². The van der Waals surface area contributed by atoms with Crippen molar-refractivity contribution in [2.24, 2.45) is 11.7 Å². The normalized spacial score (nSPS) is 19.3. The van der Waals surface area contributed by atoms with E-state index in [1.54, 1.807) is 0 Å². The van der Waals surface area contributed by atoms with Gasteiger partial charge in [-0.05, 0) is 50.4 Å². The van der Waals surface area contributed by atoms with E-state index in [2.05, 4.69) is 17.9 Å². The molecule has 0 saturated carbocycles. The SMILES string of the molecule is C[C@@H](c1ccccc1Cl)N1CCC(CC(N)=O)CC1. The highest BCUT2D eigenvalue weighted by molar-refractivity contribution is 6.31. The van der Waals surface area contributed by atoms with Crippen LogP contribution in [-0.2, 0) is 4.79 Å². The minimum atomic E-state index is -0.183. The van der Waals surface area contributed by atoms with Crippen molar-refractivity contribution in [3.8, 4) is 0 Å². The Balaban J connectivity index is 1.94. The fourth-order valence-electron chi connectivity index (χ4n) is 2.84. The molecule has 4 heteroatoms. The summed E-state index contributed by atoms with van der Waals surface area (Å²) in [4.78, 5) is 13.4. The summed E-state index contributed by atoms with van der Waals surface area (Å²) in [5, 5.41) is 0.828. The second-order valence-corrected chi connectivity index (χ2v) is 5.75. The topological polar surface area (TPSA) is 46.3 Å². The van der Waals surface area contributed by atoms with Crippen LogP contribution < -0.4 is 5.73 Å². The first-order valence-corrected chi connectivity index (χ1v) is 7.22. The number of likely N-dealkylation sites (tertiary alicyclic amines) is 1. The quantitative estimate of drug-likeness (QED) is 0.922. The molecule has 1 fully saturated rings. The van der Waals surface area contributed by atoms with Gasteiger partial charge in [0.15, 0.2) is 0 Å². The van der Waals surface area contributed by atoms with Gasteiger partial charge in [0, 0.05) is 17.5 Å². The molecule has 104 valence electrons. The molecular formula is C15H21ClN2O. The molecule has 1 aromatic carbocycles. The Morgan fingerprint density at radius 1 is 1.42 bits per heavy atom. The van der Waals surface area contributed by atoms with Crippen molar-refractivity contribution in [3.05, 3.63) is 34.9 Å². The maximum Gasteiger partial charge on any atom is 0.217 e. The third-order valence-electron chi connectivity index (χ3n) is 4.04. The molecule has 0 spiro atoms. The molecular weight excluding hydrogens is 260 g/mol. The van der Waals surface area contributed by atoms with Gasteiger partial charge >= 0.3 is 0 Å². The van der Waals surface area contributed by atoms with Crippen molar-refractivity contribution < 1.29 is 4.79 Å². The lowest BCUT2D eigenvalue weighted by Gasteiger charge is -2.36. The summed E-state index contributed by atoms with van der Waals surface area (Å²) in [7, 11) is 0. The van der Waals surface area contributed by atoms with Crippen LogP contribution in [0.25, 0.3) is 0 Å². The number of piperidine rings is 1. The van der Waals surface area contributed by atoms with Crippen LogP contribution >= 0.6 is 11.6 Å². The molecule has 19 heavy (non-hydrogen) atoms. The molecule has 1 aliphatic heterocycles. The van der Waals surface area contributed by atoms with E-state index in [9.17, 15) is 4.79 Å². The largest absolute Gasteiger partial charge is 0.370 e. The summed E-state index contributed by atoms with van der Waals surface area (Å²) >= 11 is 6.25. The first kappa shape index (κ1) is 14.4.